The van der Waals surface area contributed by atoms with Crippen LogP contribution in [-0.2, 0) is 16.0 Å². The second-order valence-electron chi connectivity index (χ2n) is 8.47. The van der Waals surface area contributed by atoms with Crippen LogP contribution in [0.25, 0.3) is 22.5 Å². The van der Waals surface area contributed by atoms with Gasteiger partial charge in [-0.1, -0.05) is 74.7 Å². The summed E-state index contributed by atoms with van der Waals surface area (Å²) < 4.78 is 44.3. The van der Waals surface area contributed by atoms with E-state index in [1.807, 2.05) is 24.3 Å². The highest BCUT2D eigenvalue weighted by Gasteiger charge is 2.51. The van der Waals surface area contributed by atoms with E-state index in [-0.39, 0.29) is 12.4 Å². The average molecular weight is 499 g/mol. The van der Waals surface area contributed by atoms with Gasteiger partial charge in [0.1, 0.15) is 0 Å². The van der Waals surface area contributed by atoms with Crippen LogP contribution in [0.2, 0.25) is 0 Å². The largest absolute Gasteiger partial charge is 0.465 e. The lowest BCUT2D eigenvalue weighted by atomic mass is 9.99. The lowest BCUT2D eigenvalue weighted by molar-refractivity contribution is -0.187. The maximum absolute atomic E-state index is 13.3. The fourth-order valence-electron chi connectivity index (χ4n) is 3.82. The van der Waals surface area contributed by atoms with Gasteiger partial charge in [0, 0.05) is 18.0 Å². The van der Waals surface area contributed by atoms with Gasteiger partial charge in [-0.25, -0.2) is 9.97 Å². The molecule has 1 heterocycles. The maximum atomic E-state index is 13.3. The number of benzene rings is 2. The number of Topliss-reactive ketones (excluding diaryl/α,β-unsaturated/α-hetero) is 1. The summed E-state index contributed by atoms with van der Waals surface area (Å²) in [6, 6.07) is 15.9. The van der Waals surface area contributed by atoms with E-state index < -0.39 is 29.4 Å². The van der Waals surface area contributed by atoms with E-state index in [2.05, 4.69) is 45.9 Å². The number of rotatable bonds is 11. The summed E-state index contributed by atoms with van der Waals surface area (Å²) in [6.07, 6.45) is 2.89. The fourth-order valence-corrected chi connectivity index (χ4v) is 3.82. The second kappa shape index (κ2) is 12.4. The van der Waals surface area contributed by atoms with Crippen molar-refractivity contribution in [2.45, 2.75) is 52.1 Å². The number of nitrogens with zero attached hydrogens (tertiary/aromatic N) is 2. The number of unbranched alkanes of at least 4 members (excludes halogenated alkanes) is 3. The number of halogens is 3. The molecule has 0 fully saturated rings. The van der Waals surface area contributed by atoms with Gasteiger partial charge < -0.3 is 4.74 Å². The third-order valence-electron chi connectivity index (χ3n) is 5.80. The monoisotopic (exact) mass is 498 g/mol. The Hall–Kier alpha value is -3.55. The van der Waals surface area contributed by atoms with Gasteiger partial charge >= 0.3 is 12.1 Å². The molecule has 5 nitrogen and oxygen atoms in total. The Morgan fingerprint density at radius 2 is 1.39 bits per heavy atom. The first-order valence-corrected chi connectivity index (χ1v) is 12.0. The van der Waals surface area contributed by atoms with Crippen LogP contribution < -0.4 is 0 Å². The van der Waals surface area contributed by atoms with Crippen LogP contribution in [-0.4, -0.2) is 34.5 Å². The van der Waals surface area contributed by atoms with E-state index in [9.17, 15) is 22.8 Å². The Bertz CT molecular complexity index is 1140. The lowest BCUT2D eigenvalue weighted by Gasteiger charge is -2.17. The summed E-state index contributed by atoms with van der Waals surface area (Å²) in [5.74, 6) is -5.75. The highest BCUT2D eigenvalue weighted by Crippen LogP contribution is 2.30. The highest BCUT2D eigenvalue weighted by atomic mass is 19.4. The number of alkyl halides is 3. The minimum atomic E-state index is -5.08. The smallest absolute Gasteiger partial charge is 0.409 e. The fraction of sp³-hybridized carbons (Fsp3) is 0.357. The Kier molecular flexibility index (Phi) is 9.33. The van der Waals surface area contributed by atoms with E-state index in [0.717, 1.165) is 29.9 Å². The van der Waals surface area contributed by atoms with Crippen LogP contribution in [0.1, 0.15) is 55.5 Å². The molecule has 0 aliphatic rings. The molecule has 1 aromatic heterocycles. The van der Waals surface area contributed by atoms with Crippen molar-refractivity contribution in [2.75, 3.05) is 6.61 Å². The maximum Gasteiger partial charge on any atom is 0.409 e. The first-order valence-electron chi connectivity index (χ1n) is 12.0. The van der Waals surface area contributed by atoms with Crippen molar-refractivity contribution in [1.29, 1.82) is 0 Å². The lowest BCUT2D eigenvalue weighted by Crippen LogP contribution is -2.38. The molecular weight excluding hydrogens is 469 g/mol. The molecule has 2 aromatic carbocycles. The third-order valence-corrected chi connectivity index (χ3v) is 5.80. The van der Waals surface area contributed by atoms with Crippen LogP contribution in [0.4, 0.5) is 13.2 Å². The number of carbonyl (C=O) groups excluding carboxylic acids is 2. The van der Waals surface area contributed by atoms with E-state index in [1.165, 1.54) is 38.2 Å². The van der Waals surface area contributed by atoms with Gasteiger partial charge in [-0.3, -0.25) is 9.59 Å². The molecule has 190 valence electrons. The standard InChI is InChI=1S/C28H29F3N2O3/c1-3-5-6-7-8-19-9-11-20(12-10-19)21-13-15-22(16-14-21)26-32-17-23(18-33-26)25(34)24(28(29,30)31)27(35)36-4-2/h9-18,24H,3-8H2,1-2H3. The zero-order valence-electron chi connectivity index (χ0n) is 20.3. The van der Waals surface area contributed by atoms with Crippen molar-refractivity contribution in [3.8, 4) is 22.5 Å². The van der Waals surface area contributed by atoms with Gasteiger partial charge in [0.25, 0.3) is 0 Å². The number of aryl methyl sites for hydroxylation is 1. The average Bonchev–Trinajstić information content (AvgIpc) is 2.87. The summed E-state index contributed by atoms with van der Waals surface area (Å²) >= 11 is 0. The molecule has 0 aliphatic carbocycles. The van der Waals surface area contributed by atoms with Crippen molar-refractivity contribution in [3.05, 3.63) is 72.1 Å². The minimum absolute atomic E-state index is 0.250. The molecule has 0 N–H and O–H groups in total. The molecule has 1 atom stereocenters. The number of ether oxygens (including phenoxy) is 1. The minimum Gasteiger partial charge on any atom is -0.465 e. The van der Waals surface area contributed by atoms with Crippen molar-refractivity contribution < 1.29 is 27.5 Å². The van der Waals surface area contributed by atoms with Crippen LogP contribution in [0.5, 0.6) is 0 Å². The number of carbonyl (C=O) groups is 2. The van der Waals surface area contributed by atoms with Crippen molar-refractivity contribution in [1.82, 2.24) is 9.97 Å². The van der Waals surface area contributed by atoms with Crippen molar-refractivity contribution in [2.24, 2.45) is 5.92 Å². The van der Waals surface area contributed by atoms with Gasteiger partial charge in [-0.15, -0.1) is 0 Å². The molecule has 3 aromatic rings. The van der Waals surface area contributed by atoms with E-state index in [1.54, 1.807) is 0 Å². The summed E-state index contributed by atoms with van der Waals surface area (Å²) in [5.41, 5.74) is 3.61. The van der Waals surface area contributed by atoms with Crippen molar-refractivity contribution in [3.63, 3.8) is 0 Å². The predicted molar refractivity (Wildman–Crippen MR) is 131 cm³/mol. The molecule has 0 saturated carbocycles. The Balaban J connectivity index is 1.69. The van der Waals surface area contributed by atoms with E-state index in [4.69, 9.17) is 0 Å². The summed E-state index contributed by atoms with van der Waals surface area (Å²) in [5, 5.41) is 0. The number of hydrogen-bond donors (Lipinski definition) is 0. The second-order valence-corrected chi connectivity index (χ2v) is 8.47. The zero-order chi connectivity index (χ0) is 26.1. The molecule has 0 bridgehead atoms. The van der Waals surface area contributed by atoms with Gasteiger partial charge in [-0.2, -0.15) is 13.2 Å². The molecule has 0 saturated heterocycles. The van der Waals surface area contributed by atoms with Gasteiger partial charge in [0.15, 0.2) is 11.6 Å². The van der Waals surface area contributed by atoms with E-state index in [0.29, 0.717) is 5.56 Å². The molecule has 0 aliphatic heterocycles. The predicted octanol–water partition coefficient (Wildman–Crippen LogP) is 6.86. The molecule has 0 radical (unpaired) electrons. The topological polar surface area (TPSA) is 69.2 Å². The quantitative estimate of drug-likeness (QED) is 0.125. The molecule has 36 heavy (non-hydrogen) atoms. The normalized spacial score (nSPS) is 12.2. The number of aromatic nitrogens is 2. The number of esters is 1. The van der Waals surface area contributed by atoms with Crippen molar-refractivity contribution >= 4 is 11.8 Å². The van der Waals surface area contributed by atoms with Gasteiger partial charge in [-0.05, 0) is 36.5 Å². The molecule has 3 rings (SSSR count). The summed E-state index contributed by atoms with van der Waals surface area (Å²) in [4.78, 5) is 32.2. The number of hydrogen-bond acceptors (Lipinski definition) is 5. The summed E-state index contributed by atoms with van der Waals surface area (Å²) in [7, 11) is 0. The van der Waals surface area contributed by atoms with Crippen LogP contribution >= 0.6 is 0 Å². The SMILES string of the molecule is CCCCCCc1ccc(-c2ccc(-c3ncc(C(=O)C(C(=O)OCC)C(F)(F)F)cn3)cc2)cc1. The van der Waals surface area contributed by atoms with Crippen LogP contribution in [0.3, 0.4) is 0 Å². The van der Waals surface area contributed by atoms with E-state index >= 15 is 0 Å². The Morgan fingerprint density at radius 1 is 0.833 bits per heavy atom. The Labute approximate surface area is 208 Å². The number of ketones is 1. The first-order chi connectivity index (χ1) is 17.2. The third kappa shape index (κ3) is 6.99. The van der Waals surface area contributed by atoms with Gasteiger partial charge in [0.05, 0.1) is 12.2 Å². The highest BCUT2D eigenvalue weighted by molar-refractivity contribution is 6.09. The Morgan fingerprint density at radius 3 is 1.92 bits per heavy atom. The first kappa shape index (κ1) is 27.0. The van der Waals surface area contributed by atoms with Crippen LogP contribution in [0, 0.1) is 5.92 Å². The molecular formula is C28H29F3N2O3. The molecule has 0 amide bonds. The summed E-state index contributed by atoms with van der Waals surface area (Å²) in [6.45, 7) is 3.29. The molecule has 1 unspecified atom stereocenters. The van der Waals surface area contributed by atoms with Crippen LogP contribution in [0.15, 0.2) is 60.9 Å². The van der Waals surface area contributed by atoms with Gasteiger partial charge in [0.2, 0.25) is 5.92 Å². The zero-order valence-corrected chi connectivity index (χ0v) is 20.3. The molecule has 0 spiro atoms. The molecule has 8 heteroatoms.